The Morgan fingerprint density at radius 2 is 2.00 bits per heavy atom. The third kappa shape index (κ3) is 2.79. The second-order valence-electron chi connectivity index (χ2n) is 5.86. The molecule has 0 amide bonds. The summed E-state index contributed by atoms with van der Waals surface area (Å²) in [6.07, 6.45) is 8.56. The summed E-state index contributed by atoms with van der Waals surface area (Å²) in [7, 11) is 0. The number of pyridine rings is 2. The number of hydrogen-bond acceptors (Lipinski definition) is 5. The first-order chi connectivity index (χ1) is 12.6. The SMILES string of the molecule is Cc1nn(-c2ccccn2)c(C)c1/C=C/c1nc2cnccc2c(=O)[nH]1. The molecule has 0 aliphatic carbocycles. The predicted octanol–water partition coefficient (Wildman–Crippen LogP) is 2.69. The molecule has 0 bridgehead atoms. The Hall–Kier alpha value is -3.61. The van der Waals surface area contributed by atoms with Crippen molar-refractivity contribution in [1.29, 1.82) is 0 Å². The Balaban J connectivity index is 1.74. The molecule has 0 aliphatic heterocycles. The summed E-state index contributed by atoms with van der Waals surface area (Å²) in [5, 5.41) is 5.08. The molecule has 0 spiro atoms. The summed E-state index contributed by atoms with van der Waals surface area (Å²) < 4.78 is 1.80. The highest BCUT2D eigenvalue weighted by atomic mass is 16.1. The van der Waals surface area contributed by atoms with E-state index in [4.69, 9.17) is 0 Å². The van der Waals surface area contributed by atoms with Crippen LogP contribution in [0.5, 0.6) is 0 Å². The molecule has 0 fully saturated rings. The number of nitrogens with one attached hydrogen (secondary N) is 1. The van der Waals surface area contributed by atoms with Crippen molar-refractivity contribution in [1.82, 2.24) is 29.7 Å². The van der Waals surface area contributed by atoms with Crippen molar-refractivity contribution < 1.29 is 0 Å². The molecule has 0 aromatic carbocycles. The van der Waals surface area contributed by atoms with E-state index < -0.39 is 0 Å². The van der Waals surface area contributed by atoms with Gasteiger partial charge in [0.15, 0.2) is 5.82 Å². The van der Waals surface area contributed by atoms with Crippen molar-refractivity contribution in [3.05, 3.63) is 76.0 Å². The third-order valence-corrected chi connectivity index (χ3v) is 4.15. The molecule has 0 saturated carbocycles. The van der Waals surface area contributed by atoms with Gasteiger partial charge in [-0.25, -0.2) is 14.6 Å². The van der Waals surface area contributed by atoms with Crippen LogP contribution in [0.3, 0.4) is 0 Å². The van der Waals surface area contributed by atoms with Gasteiger partial charge >= 0.3 is 0 Å². The fourth-order valence-corrected chi connectivity index (χ4v) is 2.85. The summed E-state index contributed by atoms with van der Waals surface area (Å²) >= 11 is 0. The fraction of sp³-hybridized carbons (Fsp3) is 0.105. The molecule has 4 heterocycles. The molecule has 7 nitrogen and oxygen atoms in total. The van der Waals surface area contributed by atoms with E-state index in [1.54, 1.807) is 35.4 Å². The van der Waals surface area contributed by atoms with Crippen LogP contribution in [0, 0.1) is 13.8 Å². The Bertz CT molecular complexity index is 1170. The van der Waals surface area contributed by atoms with E-state index in [0.717, 1.165) is 22.8 Å². The molecule has 128 valence electrons. The van der Waals surface area contributed by atoms with Gasteiger partial charge in [0.2, 0.25) is 0 Å². The second kappa shape index (κ2) is 6.36. The van der Waals surface area contributed by atoms with Gasteiger partial charge < -0.3 is 4.98 Å². The number of aromatic amines is 1. The molecular formula is C19H16N6O. The number of hydrogen-bond donors (Lipinski definition) is 1. The quantitative estimate of drug-likeness (QED) is 0.617. The maximum atomic E-state index is 12.2. The molecule has 4 aromatic heterocycles. The predicted molar refractivity (Wildman–Crippen MR) is 99.9 cm³/mol. The Kier molecular flexibility index (Phi) is 3.89. The van der Waals surface area contributed by atoms with Crippen LogP contribution in [-0.4, -0.2) is 29.7 Å². The van der Waals surface area contributed by atoms with Gasteiger partial charge in [-0.1, -0.05) is 6.07 Å². The molecule has 0 unspecified atom stereocenters. The molecule has 0 saturated heterocycles. The van der Waals surface area contributed by atoms with Gasteiger partial charge in [-0.15, -0.1) is 0 Å². The summed E-state index contributed by atoms with van der Waals surface area (Å²) in [5.74, 6) is 1.23. The van der Waals surface area contributed by atoms with E-state index in [0.29, 0.717) is 16.7 Å². The average molecular weight is 344 g/mol. The lowest BCUT2D eigenvalue weighted by Crippen LogP contribution is -2.09. The number of rotatable bonds is 3. The monoisotopic (exact) mass is 344 g/mol. The number of fused-ring (bicyclic) bond motifs is 1. The average Bonchev–Trinajstić information content (AvgIpc) is 2.95. The van der Waals surface area contributed by atoms with E-state index in [1.165, 1.54) is 0 Å². The van der Waals surface area contributed by atoms with Crippen LogP contribution in [0.2, 0.25) is 0 Å². The fourth-order valence-electron chi connectivity index (χ4n) is 2.85. The van der Waals surface area contributed by atoms with Crippen molar-refractivity contribution in [2.45, 2.75) is 13.8 Å². The smallest absolute Gasteiger partial charge is 0.259 e. The van der Waals surface area contributed by atoms with Crippen molar-refractivity contribution in [2.24, 2.45) is 0 Å². The minimum Gasteiger partial charge on any atom is -0.306 e. The van der Waals surface area contributed by atoms with E-state index in [1.807, 2.05) is 38.1 Å². The van der Waals surface area contributed by atoms with Crippen LogP contribution in [-0.2, 0) is 0 Å². The Morgan fingerprint density at radius 1 is 1.12 bits per heavy atom. The van der Waals surface area contributed by atoms with Gasteiger partial charge in [-0.3, -0.25) is 9.78 Å². The van der Waals surface area contributed by atoms with Crippen LogP contribution in [0.15, 0.2) is 47.7 Å². The van der Waals surface area contributed by atoms with Gasteiger partial charge in [0.1, 0.15) is 5.82 Å². The summed E-state index contributed by atoms with van der Waals surface area (Å²) in [6, 6.07) is 7.35. The number of aryl methyl sites for hydroxylation is 1. The van der Waals surface area contributed by atoms with Gasteiger partial charge in [-0.2, -0.15) is 5.10 Å². The van der Waals surface area contributed by atoms with Crippen molar-refractivity contribution in [2.75, 3.05) is 0 Å². The van der Waals surface area contributed by atoms with Crippen LogP contribution in [0.25, 0.3) is 28.9 Å². The lowest BCUT2D eigenvalue weighted by molar-refractivity contribution is 0.806. The van der Waals surface area contributed by atoms with Crippen molar-refractivity contribution in [3.63, 3.8) is 0 Å². The van der Waals surface area contributed by atoms with Crippen molar-refractivity contribution >= 4 is 23.1 Å². The van der Waals surface area contributed by atoms with E-state index >= 15 is 0 Å². The molecule has 0 aliphatic rings. The number of aromatic nitrogens is 6. The number of nitrogens with zero attached hydrogens (tertiary/aromatic N) is 5. The minimum absolute atomic E-state index is 0.185. The standard InChI is InChI=1S/C19H16N6O/c1-12-14(13(2)25(24-12)18-5-3-4-9-21-18)6-7-17-22-16-11-20-10-8-15(16)19(26)23-17/h3-11H,1-2H3,(H,22,23,26)/b7-6+. The van der Waals surface area contributed by atoms with Crippen LogP contribution in [0.1, 0.15) is 22.8 Å². The Morgan fingerprint density at radius 3 is 2.81 bits per heavy atom. The zero-order chi connectivity index (χ0) is 18.1. The molecule has 0 radical (unpaired) electrons. The van der Waals surface area contributed by atoms with E-state index in [2.05, 4.69) is 25.0 Å². The van der Waals surface area contributed by atoms with Crippen LogP contribution >= 0.6 is 0 Å². The molecule has 0 atom stereocenters. The molecule has 4 aromatic rings. The summed E-state index contributed by atoms with van der Waals surface area (Å²) in [4.78, 5) is 27.7. The second-order valence-corrected chi connectivity index (χ2v) is 5.86. The minimum atomic E-state index is -0.185. The van der Waals surface area contributed by atoms with E-state index in [-0.39, 0.29) is 5.56 Å². The highest BCUT2D eigenvalue weighted by Gasteiger charge is 2.11. The maximum absolute atomic E-state index is 12.2. The molecule has 26 heavy (non-hydrogen) atoms. The first-order valence-corrected chi connectivity index (χ1v) is 8.13. The highest BCUT2D eigenvalue weighted by molar-refractivity contribution is 5.78. The van der Waals surface area contributed by atoms with Crippen LogP contribution in [0.4, 0.5) is 0 Å². The molecule has 1 N–H and O–H groups in total. The zero-order valence-corrected chi connectivity index (χ0v) is 14.3. The van der Waals surface area contributed by atoms with Crippen molar-refractivity contribution in [3.8, 4) is 5.82 Å². The van der Waals surface area contributed by atoms with Gasteiger partial charge in [0.25, 0.3) is 5.56 Å². The summed E-state index contributed by atoms with van der Waals surface area (Å²) in [6.45, 7) is 3.92. The zero-order valence-electron chi connectivity index (χ0n) is 14.3. The first kappa shape index (κ1) is 15.9. The number of H-pyrrole nitrogens is 1. The first-order valence-electron chi connectivity index (χ1n) is 8.13. The molecule has 4 rings (SSSR count). The lowest BCUT2D eigenvalue weighted by atomic mass is 10.2. The molecule has 7 heteroatoms. The maximum Gasteiger partial charge on any atom is 0.259 e. The topological polar surface area (TPSA) is 89.3 Å². The summed E-state index contributed by atoms with van der Waals surface area (Å²) in [5.41, 5.74) is 3.17. The Labute approximate surface area is 149 Å². The normalized spacial score (nSPS) is 11.5. The van der Waals surface area contributed by atoms with Gasteiger partial charge in [-0.05, 0) is 44.2 Å². The van der Waals surface area contributed by atoms with Gasteiger partial charge in [0.05, 0.1) is 28.5 Å². The van der Waals surface area contributed by atoms with Gasteiger partial charge in [0, 0.05) is 18.0 Å². The highest BCUT2D eigenvalue weighted by Crippen LogP contribution is 2.19. The lowest BCUT2D eigenvalue weighted by Gasteiger charge is -2.02. The van der Waals surface area contributed by atoms with Crippen LogP contribution < -0.4 is 5.56 Å². The van der Waals surface area contributed by atoms with E-state index in [9.17, 15) is 4.79 Å². The third-order valence-electron chi connectivity index (χ3n) is 4.15. The largest absolute Gasteiger partial charge is 0.306 e. The molecular weight excluding hydrogens is 328 g/mol.